The van der Waals surface area contributed by atoms with Gasteiger partial charge in [-0.05, 0) is 25.7 Å². The Morgan fingerprint density at radius 1 is 0.727 bits per heavy atom. The van der Waals surface area contributed by atoms with Crippen molar-refractivity contribution in [1.82, 2.24) is 0 Å². The molecule has 0 N–H and O–H groups in total. The summed E-state index contributed by atoms with van der Waals surface area (Å²) in [6.07, 6.45) is 15.1. The van der Waals surface area contributed by atoms with Crippen LogP contribution < -0.4 is 0 Å². The van der Waals surface area contributed by atoms with Gasteiger partial charge in [-0.1, -0.05) is 44.6 Å². The summed E-state index contributed by atoms with van der Waals surface area (Å²) in [7, 11) is 0. The van der Waals surface area contributed by atoms with E-state index in [1.165, 1.54) is 32.1 Å². The first kappa shape index (κ1) is 10.5. The van der Waals surface area contributed by atoms with Gasteiger partial charge in [0.05, 0.1) is 0 Å². The highest BCUT2D eigenvalue weighted by Crippen LogP contribution is 1.96. The van der Waals surface area contributed by atoms with Gasteiger partial charge in [0, 0.05) is 0 Å². The molecule has 0 spiro atoms. The fourth-order valence-corrected chi connectivity index (χ4v) is 0.879. The van der Waals surface area contributed by atoms with Gasteiger partial charge < -0.3 is 0 Å². The van der Waals surface area contributed by atoms with E-state index in [-0.39, 0.29) is 0 Å². The van der Waals surface area contributed by atoms with Crippen LogP contribution in [0.4, 0.5) is 0 Å². The fourth-order valence-electron chi connectivity index (χ4n) is 0.879. The minimum Gasteiger partial charge on any atom is -0.0888 e. The van der Waals surface area contributed by atoms with Crippen molar-refractivity contribution in [2.24, 2.45) is 0 Å². The van der Waals surface area contributed by atoms with Crippen LogP contribution in [0.1, 0.15) is 46.0 Å². The zero-order valence-electron chi connectivity index (χ0n) is 7.84. The first-order valence-electron chi connectivity index (χ1n) is 4.71. The highest BCUT2D eigenvalue weighted by Gasteiger charge is 1.75. The molecule has 11 heavy (non-hydrogen) atoms. The molecule has 0 amide bonds. The lowest BCUT2D eigenvalue weighted by Gasteiger charge is -1.86. The van der Waals surface area contributed by atoms with Gasteiger partial charge >= 0.3 is 0 Å². The molecule has 0 radical (unpaired) electrons. The summed E-state index contributed by atoms with van der Waals surface area (Å²) in [5.74, 6) is 0. The standard InChI is InChI=1S/C11H20/c1-3-5-7-9-11-10-8-6-4-2/h5,7-8,10H,3-4,6,9,11H2,1-2H3. The van der Waals surface area contributed by atoms with Crippen LogP contribution in [0.2, 0.25) is 0 Å². The minimum atomic E-state index is 1.17. The van der Waals surface area contributed by atoms with Crippen LogP contribution in [0.25, 0.3) is 0 Å². The molecule has 0 saturated heterocycles. The molecule has 0 fully saturated rings. The normalized spacial score (nSPS) is 11.8. The summed E-state index contributed by atoms with van der Waals surface area (Å²) < 4.78 is 0. The maximum Gasteiger partial charge on any atom is -0.0316 e. The third-order valence-electron chi connectivity index (χ3n) is 1.52. The van der Waals surface area contributed by atoms with Crippen molar-refractivity contribution in [3.63, 3.8) is 0 Å². The molecule has 0 nitrogen and oxygen atoms in total. The topological polar surface area (TPSA) is 0 Å². The average molecular weight is 152 g/mol. The van der Waals surface area contributed by atoms with Gasteiger partial charge in [0.15, 0.2) is 0 Å². The summed E-state index contributed by atoms with van der Waals surface area (Å²) >= 11 is 0. The van der Waals surface area contributed by atoms with Crippen molar-refractivity contribution < 1.29 is 0 Å². The highest BCUT2D eigenvalue weighted by atomic mass is 13.8. The number of hydrogen-bond acceptors (Lipinski definition) is 0. The van der Waals surface area contributed by atoms with Crippen molar-refractivity contribution in [2.45, 2.75) is 46.0 Å². The van der Waals surface area contributed by atoms with E-state index in [4.69, 9.17) is 0 Å². The molecule has 0 aliphatic heterocycles. The maximum absolute atomic E-state index is 2.28. The summed E-state index contributed by atoms with van der Waals surface area (Å²) in [5, 5.41) is 0. The number of hydrogen-bond donors (Lipinski definition) is 0. The van der Waals surface area contributed by atoms with Crippen LogP contribution in [0.5, 0.6) is 0 Å². The van der Waals surface area contributed by atoms with E-state index in [2.05, 4.69) is 38.2 Å². The van der Waals surface area contributed by atoms with Crippen molar-refractivity contribution in [3.8, 4) is 0 Å². The zero-order valence-corrected chi connectivity index (χ0v) is 7.84. The lowest BCUT2D eigenvalue weighted by molar-refractivity contribution is 0.942. The molecule has 0 atom stereocenters. The first-order valence-corrected chi connectivity index (χ1v) is 4.71. The second-order valence-electron chi connectivity index (χ2n) is 2.72. The number of unbranched alkanes of at least 4 members (excludes halogenated alkanes) is 2. The molecule has 64 valence electrons. The second-order valence-corrected chi connectivity index (χ2v) is 2.72. The van der Waals surface area contributed by atoms with Gasteiger partial charge in [-0.2, -0.15) is 0 Å². The van der Waals surface area contributed by atoms with Gasteiger partial charge in [-0.25, -0.2) is 0 Å². The van der Waals surface area contributed by atoms with Crippen molar-refractivity contribution >= 4 is 0 Å². The number of allylic oxidation sites excluding steroid dienone is 4. The lowest BCUT2D eigenvalue weighted by atomic mass is 10.2. The molecular formula is C11H20. The summed E-state index contributed by atoms with van der Waals surface area (Å²) in [6.45, 7) is 4.38. The van der Waals surface area contributed by atoms with Crippen LogP contribution in [-0.2, 0) is 0 Å². The monoisotopic (exact) mass is 152 g/mol. The van der Waals surface area contributed by atoms with E-state index >= 15 is 0 Å². The van der Waals surface area contributed by atoms with Crippen molar-refractivity contribution in [1.29, 1.82) is 0 Å². The highest BCUT2D eigenvalue weighted by molar-refractivity contribution is 4.87. The maximum atomic E-state index is 2.28. The molecule has 0 saturated carbocycles. The van der Waals surface area contributed by atoms with E-state index in [0.29, 0.717) is 0 Å². The van der Waals surface area contributed by atoms with Crippen LogP contribution in [0, 0.1) is 0 Å². The largest absolute Gasteiger partial charge is 0.0888 e. The Kier molecular flexibility index (Phi) is 9.03. The zero-order chi connectivity index (χ0) is 8.36. The predicted molar refractivity (Wildman–Crippen MR) is 52.7 cm³/mol. The Morgan fingerprint density at radius 3 is 1.82 bits per heavy atom. The molecule has 0 aromatic heterocycles. The van der Waals surface area contributed by atoms with Gasteiger partial charge in [0.2, 0.25) is 0 Å². The lowest BCUT2D eigenvalue weighted by Crippen LogP contribution is -1.66. The molecule has 0 rings (SSSR count). The van der Waals surface area contributed by atoms with E-state index in [9.17, 15) is 0 Å². The van der Waals surface area contributed by atoms with Crippen LogP contribution >= 0.6 is 0 Å². The van der Waals surface area contributed by atoms with Crippen LogP contribution in [0.3, 0.4) is 0 Å². The molecular weight excluding hydrogens is 132 g/mol. The number of rotatable bonds is 6. The van der Waals surface area contributed by atoms with E-state index in [0.717, 1.165) is 0 Å². The smallest absolute Gasteiger partial charge is 0.0316 e. The molecule has 0 aromatic rings. The molecule has 0 aromatic carbocycles. The second kappa shape index (κ2) is 9.48. The Morgan fingerprint density at radius 2 is 1.27 bits per heavy atom. The van der Waals surface area contributed by atoms with Crippen LogP contribution in [-0.4, -0.2) is 0 Å². The van der Waals surface area contributed by atoms with E-state index < -0.39 is 0 Å². The molecule has 0 aliphatic carbocycles. The van der Waals surface area contributed by atoms with Gasteiger partial charge in [0.1, 0.15) is 0 Å². The summed E-state index contributed by atoms with van der Waals surface area (Å²) in [6, 6.07) is 0. The molecule has 0 heteroatoms. The van der Waals surface area contributed by atoms with Crippen LogP contribution in [0.15, 0.2) is 24.3 Å². The van der Waals surface area contributed by atoms with Gasteiger partial charge in [-0.3, -0.25) is 0 Å². The molecule has 0 heterocycles. The third-order valence-corrected chi connectivity index (χ3v) is 1.52. The van der Waals surface area contributed by atoms with Crippen molar-refractivity contribution in [3.05, 3.63) is 24.3 Å². The quantitative estimate of drug-likeness (QED) is 0.397. The van der Waals surface area contributed by atoms with E-state index in [1.807, 2.05) is 0 Å². The Balaban J connectivity index is 3.06. The Hall–Kier alpha value is -0.520. The van der Waals surface area contributed by atoms with Gasteiger partial charge in [-0.15, -0.1) is 0 Å². The Labute approximate surface area is 71.0 Å². The minimum absolute atomic E-state index is 1.17. The SMILES string of the molecule is CCC=CCCC=CCCC. The predicted octanol–water partition coefficient (Wildman–Crippen LogP) is 4.09. The van der Waals surface area contributed by atoms with Crippen molar-refractivity contribution in [2.75, 3.05) is 0 Å². The summed E-state index contributed by atoms with van der Waals surface area (Å²) in [4.78, 5) is 0. The van der Waals surface area contributed by atoms with Gasteiger partial charge in [0.25, 0.3) is 0 Å². The average Bonchev–Trinajstić information content (AvgIpc) is 2.03. The third kappa shape index (κ3) is 9.48. The molecule has 0 aliphatic rings. The van der Waals surface area contributed by atoms with E-state index in [1.54, 1.807) is 0 Å². The molecule has 0 bridgehead atoms. The summed E-state index contributed by atoms with van der Waals surface area (Å²) in [5.41, 5.74) is 0. The molecule has 0 unspecified atom stereocenters. The Bertz CT molecular complexity index is 109. The fraction of sp³-hybridized carbons (Fsp3) is 0.636. The first-order chi connectivity index (χ1) is 5.41.